The Bertz CT molecular complexity index is 904. The SMILES string of the molecule is CC(C)n1nc(-c2ccc(C(F)(F)F)nc2)cc1C1[C@H]2CC(C3CNCCCO3)C[C@@H]12. The number of alkyl halides is 3. The maximum atomic E-state index is 12.8. The molecule has 8 heteroatoms. The van der Waals surface area contributed by atoms with Crippen molar-refractivity contribution in [2.45, 2.75) is 57.3 Å². The van der Waals surface area contributed by atoms with Crippen LogP contribution < -0.4 is 5.32 Å². The molecular formula is C23H29F3N4O. The highest BCUT2D eigenvalue weighted by Crippen LogP contribution is 2.65. The minimum absolute atomic E-state index is 0.192. The molecule has 2 aromatic rings. The molecule has 3 unspecified atom stereocenters. The van der Waals surface area contributed by atoms with Crippen LogP contribution in [0.2, 0.25) is 0 Å². The molecule has 5 atom stereocenters. The Kier molecular flexibility index (Phi) is 5.33. The first-order valence-electron chi connectivity index (χ1n) is 11.3. The van der Waals surface area contributed by atoms with Gasteiger partial charge in [0.05, 0.1) is 11.8 Å². The Morgan fingerprint density at radius 2 is 1.97 bits per heavy atom. The van der Waals surface area contributed by atoms with Gasteiger partial charge in [-0.25, -0.2) is 0 Å². The van der Waals surface area contributed by atoms with Crippen LogP contribution in [0.4, 0.5) is 13.2 Å². The molecule has 2 saturated carbocycles. The summed E-state index contributed by atoms with van der Waals surface area (Å²) in [6.07, 6.45) is 0.608. The highest BCUT2D eigenvalue weighted by atomic mass is 19.4. The van der Waals surface area contributed by atoms with E-state index in [1.165, 1.54) is 30.8 Å². The number of hydrogen-bond acceptors (Lipinski definition) is 4. The van der Waals surface area contributed by atoms with E-state index in [1.54, 1.807) is 0 Å². The van der Waals surface area contributed by atoms with Crippen LogP contribution in [-0.2, 0) is 10.9 Å². The maximum absolute atomic E-state index is 12.8. The molecule has 0 spiro atoms. The summed E-state index contributed by atoms with van der Waals surface area (Å²) in [5.74, 6) is 2.42. The van der Waals surface area contributed by atoms with Crippen molar-refractivity contribution in [1.29, 1.82) is 0 Å². The average molecular weight is 435 g/mol. The van der Waals surface area contributed by atoms with E-state index in [0.717, 1.165) is 32.2 Å². The van der Waals surface area contributed by atoms with Gasteiger partial charge >= 0.3 is 6.18 Å². The van der Waals surface area contributed by atoms with Crippen LogP contribution in [0.25, 0.3) is 11.3 Å². The molecule has 5 rings (SSSR count). The topological polar surface area (TPSA) is 52.0 Å². The molecule has 5 nitrogen and oxygen atoms in total. The van der Waals surface area contributed by atoms with Crippen LogP contribution in [0.15, 0.2) is 24.4 Å². The molecular weight excluding hydrogens is 405 g/mol. The first-order chi connectivity index (χ1) is 14.8. The van der Waals surface area contributed by atoms with Crippen molar-refractivity contribution >= 4 is 0 Å². The Balaban J connectivity index is 1.33. The number of nitrogens with one attached hydrogen (secondary N) is 1. The van der Waals surface area contributed by atoms with E-state index >= 15 is 0 Å². The van der Waals surface area contributed by atoms with Gasteiger partial charge in [-0.2, -0.15) is 18.3 Å². The third-order valence-corrected chi connectivity index (χ3v) is 7.13. The zero-order chi connectivity index (χ0) is 21.8. The molecule has 2 aliphatic carbocycles. The molecule has 31 heavy (non-hydrogen) atoms. The van der Waals surface area contributed by atoms with Crippen molar-refractivity contribution in [2.24, 2.45) is 17.8 Å². The number of pyridine rings is 1. The monoisotopic (exact) mass is 434 g/mol. The highest BCUT2D eigenvalue weighted by Gasteiger charge is 2.59. The summed E-state index contributed by atoms with van der Waals surface area (Å²) in [7, 11) is 0. The van der Waals surface area contributed by atoms with Gasteiger partial charge in [0.1, 0.15) is 5.69 Å². The molecule has 3 fully saturated rings. The molecule has 3 heterocycles. The van der Waals surface area contributed by atoms with Gasteiger partial charge in [-0.1, -0.05) is 0 Å². The van der Waals surface area contributed by atoms with Crippen molar-refractivity contribution in [2.75, 3.05) is 19.7 Å². The van der Waals surface area contributed by atoms with Crippen molar-refractivity contribution in [1.82, 2.24) is 20.1 Å². The number of halogens is 3. The lowest BCUT2D eigenvalue weighted by atomic mass is 9.93. The number of nitrogens with zero attached hydrogens (tertiary/aromatic N) is 3. The second kappa shape index (κ2) is 7.89. The number of hydrogen-bond donors (Lipinski definition) is 1. The largest absolute Gasteiger partial charge is 0.433 e. The van der Waals surface area contributed by atoms with Crippen LogP contribution in [-0.4, -0.2) is 40.6 Å². The quantitative estimate of drug-likeness (QED) is 0.760. The third kappa shape index (κ3) is 4.00. The smallest absolute Gasteiger partial charge is 0.377 e. The van der Waals surface area contributed by atoms with Gasteiger partial charge in [0.15, 0.2) is 0 Å². The Labute approximate surface area is 180 Å². The van der Waals surface area contributed by atoms with Gasteiger partial charge in [-0.15, -0.1) is 0 Å². The minimum atomic E-state index is -4.43. The van der Waals surface area contributed by atoms with Crippen LogP contribution in [0.1, 0.15) is 56.5 Å². The van der Waals surface area contributed by atoms with Gasteiger partial charge in [0, 0.05) is 42.6 Å². The first-order valence-corrected chi connectivity index (χ1v) is 11.3. The summed E-state index contributed by atoms with van der Waals surface area (Å²) in [4.78, 5) is 3.60. The Hall–Kier alpha value is -1.93. The van der Waals surface area contributed by atoms with E-state index in [0.29, 0.717) is 41.0 Å². The number of fused-ring (bicyclic) bond motifs is 1. The summed E-state index contributed by atoms with van der Waals surface area (Å²) < 4.78 is 46.6. The summed E-state index contributed by atoms with van der Waals surface area (Å²) in [6, 6.07) is 4.75. The fraction of sp³-hybridized carbons (Fsp3) is 0.652. The Morgan fingerprint density at radius 3 is 2.61 bits per heavy atom. The molecule has 1 saturated heterocycles. The van der Waals surface area contributed by atoms with Gasteiger partial charge < -0.3 is 10.1 Å². The van der Waals surface area contributed by atoms with E-state index < -0.39 is 11.9 Å². The normalized spacial score (nSPS) is 31.0. The highest BCUT2D eigenvalue weighted by molar-refractivity contribution is 5.59. The van der Waals surface area contributed by atoms with Crippen molar-refractivity contribution in [3.8, 4) is 11.3 Å². The molecule has 2 aromatic heterocycles. The van der Waals surface area contributed by atoms with Crippen LogP contribution >= 0.6 is 0 Å². The lowest BCUT2D eigenvalue weighted by Crippen LogP contribution is -2.32. The van der Waals surface area contributed by atoms with E-state index in [4.69, 9.17) is 9.84 Å². The Morgan fingerprint density at radius 1 is 1.19 bits per heavy atom. The molecule has 1 N–H and O–H groups in total. The number of ether oxygens (including phenoxy) is 1. The summed E-state index contributed by atoms with van der Waals surface area (Å²) in [5.41, 5.74) is 1.65. The second-order valence-corrected chi connectivity index (χ2v) is 9.47. The molecule has 0 aromatic carbocycles. The van der Waals surface area contributed by atoms with Gasteiger partial charge in [-0.05, 0) is 75.6 Å². The van der Waals surface area contributed by atoms with E-state index in [2.05, 4.69) is 34.9 Å². The number of aromatic nitrogens is 3. The number of rotatable bonds is 4. The second-order valence-electron chi connectivity index (χ2n) is 9.47. The average Bonchev–Trinajstić information content (AvgIpc) is 3.07. The third-order valence-electron chi connectivity index (χ3n) is 7.13. The standard InChI is InChI=1S/C23H29F3N4O/c1-13(2)30-19(10-18(29-30)14-4-5-21(28-11-14)23(24,25)26)22-16-8-15(9-17(16)22)20-12-27-6-3-7-31-20/h4-5,10-11,13,15-17,20,22,27H,3,6-9,12H2,1-2H3/t15?,16-,17+,20?,22?. The fourth-order valence-corrected chi connectivity index (χ4v) is 5.59. The van der Waals surface area contributed by atoms with Crippen molar-refractivity contribution < 1.29 is 17.9 Å². The molecule has 3 aliphatic rings. The summed E-state index contributed by atoms with van der Waals surface area (Å²) in [5, 5.41) is 8.23. The van der Waals surface area contributed by atoms with E-state index in [-0.39, 0.29) is 6.04 Å². The van der Waals surface area contributed by atoms with Gasteiger partial charge in [-0.3, -0.25) is 9.67 Å². The lowest BCUT2D eigenvalue weighted by Gasteiger charge is -2.24. The van der Waals surface area contributed by atoms with E-state index in [1.807, 2.05) is 0 Å². The van der Waals surface area contributed by atoms with Crippen molar-refractivity contribution in [3.63, 3.8) is 0 Å². The molecule has 0 amide bonds. The summed E-state index contributed by atoms with van der Waals surface area (Å²) in [6.45, 7) is 7.02. The van der Waals surface area contributed by atoms with Crippen LogP contribution in [0.5, 0.6) is 0 Å². The molecule has 168 valence electrons. The van der Waals surface area contributed by atoms with Gasteiger partial charge in [0.2, 0.25) is 0 Å². The zero-order valence-electron chi connectivity index (χ0n) is 17.9. The van der Waals surface area contributed by atoms with Gasteiger partial charge in [0.25, 0.3) is 0 Å². The predicted molar refractivity (Wildman–Crippen MR) is 111 cm³/mol. The first kappa shape index (κ1) is 20.9. The van der Waals surface area contributed by atoms with Crippen molar-refractivity contribution in [3.05, 3.63) is 35.8 Å². The zero-order valence-corrected chi connectivity index (χ0v) is 17.9. The predicted octanol–water partition coefficient (Wildman–Crippen LogP) is 4.66. The molecule has 1 aliphatic heterocycles. The molecule has 0 radical (unpaired) electrons. The van der Waals surface area contributed by atoms with E-state index in [9.17, 15) is 13.2 Å². The lowest BCUT2D eigenvalue weighted by molar-refractivity contribution is -0.141. The van der Waals surface area contributed by atoms with Crippen LogP contribution in [0.3, 0.4) is 0 Å². The fourth-order valence-electron chi connectivity index (χ4n) is 5.59. The molecule has 0 bridgehead atoms. The minimum Gasteiger partial charge on any atom is -0.377 e. The maximum Gasteiger partial charge on any atom is 0.433 e. The van der Waals surface area contributed by atoms with Crippen LogP contribution in [0, 0.1) is 17.8 Å². The summed E-state index contributed by atoms with van der Waals surface area (Å²) >= 11 is 0.